The van der Waals surface area contributed by atoms with E-state index in [-0.39, 0.29) is 5.02 Å². The summed E-state index contributed by atoms with van der Waals surface area (Å²) in [7, 11) is 0. The van der Waals surface area contributed by atoms with Crippen LogP contribution < -0.4 is 16.2 Å². The van der Waals surface area contributed by atoms with Crippen molar-refractivity contribution < 1.29 is 14.7 Å². The number of aliphatic hydroxyl groups excluding tert-OH is 1. The summed E-state index contributed by atoms with van der Waals surface area (Å²) < 4.78 is -1.06. The Morgan fingerprint density at radius 1 is 1.41 bits per heavy atom. The number of hydrogen-bond acceptors (Lipinski definition) is 5. The molecule has 2 amide bonds. The lowest BCUT2D eigenvalue weighted by molar-refractivity contribution is -0.128. The number of halogens is 2. The van der Waals surface area contributed by atoms with Crippen molar-refractivity contribution in [3.63, 3.8) is 0 Å². The molecule has 0 aromatic heterocycles. The monoisotopic (exact) mass is 436 g/mol. The predicted molar refractivity (Wildman–Crippen MR) is 90.3 cm³/mol. The van der Waals surface area contributed by atoms with Crippen LogP contribution in [0.25, 0.3) is 0 Å². The van der Waals surface area contributed by atoms with Crippen LogP contribution in [0.1, 0.15) is 18.1 Å². The van der Waals surface area contributed by atoms with Crippen molar-refractivity contribution in [1.82, 2.24) is 10.9 Å². The number of alkyl halides is 1. The van der Waals surface area contributed by atoms with Crippen LogP contribution in [-0.2, 0) is 9.59 Å². The lowest BCUT2D eigenvalue weighted by Crippen LogP contribution is -2.51. The summed E-state index contributed by atoms with van der Waals surface area (Å²) in [5.41, 5.74) is 5.74. The molecule has 0 bridgehead atoms. The summed E-state index contributed by atoms with van der Waals surface area (Å²) in [5.74, 6) is -1.05. The highest BCUT2D eigenvalue weighted by Gasteiger charge is 2.26. The van der Waals surface area contributed by atoms with Gasteiger partial charge in [0.1, 0.15) is 16.2 Å². The van der Waals surface area contributed by atoms with Crippen molar-refractivity contribution in [1.29, 1.82) is 5.26 Å². The van der Waals surface area contributed by atoms with Gasteiger partial charge in [0.2, 0.25) is 5.91 Å². The van der Waals surface area contributed by atoms with Crippen molar-refractivity contribution in [2.24, 2.45) is 0 Å². The molecule has 118 valence electrons. The van der Waals surface area contributed by atoms with Gasteiger partial charge in [-0.15, -0.1) is 0 Å². The molecular formula is C13H14ClIN4O3. The average molecular weight is 437 g/mol. The van der Waals surface area contributed by atoms with Crippen LogP contribution in [0, 0.1) is 18.3 Å². The zero-order valence-electron chi connectivity index (χ0n) is 11.8. The van der Waals surface area contributed by atoms with Gasteiger partial charge >= 0.3 is 0 Å². The van der Waals surface area contributed by atoms with Gasteiger partial charge in [0.25, 0.3) is 5.91 Å². The molecule has 0 fully saturated rings. The fourth-order valence-corrected chi connectivity index (χ4v) is 2.30. The van der Waals surface area contributed by atoms with E-state index in [0.717, 1.165) is 0 Å². The zero-order chi connectivity index (χ0) is 16.9. The number of anilines is 1. The van der Waals surface area contributed by atoms with Crippen molar-refractivity contribution in [2.75, 3.05) is 5.32 Å². The molecule has 1 aromatic rings. The third kappa shape index (κ3) is 4.72. The Bertz CT molecular complexity index is 630. The van der Waals surface area contributed by atoms with Gasteiger partial charge in [0.05, 0.1) is 10.6 Å². The van der Waals surface area contributed by atoms with Gasteiger partial charge in [-0.3, -0.25) is 20.4 Å². The minimum Gasteiger partial charge on any atom is -0.380 e. The standard InChI is InChI=1S/C13H14ClIN4O3/c1-6-9(4-3-8(5-16)10(6)14)17-11(12(15)21)13(22)19-18-7(2)20/h3-4,11-12,17,21H,1-2H3,(H,18,20)(H,19,22)/t11-,12-/m1/s1. The molecule has 2 atom stereocenters. The van der Waals surface area contributed by atoms with E-state index in [2.05, 4.69) is 16.2 Å². The fraction of sp³-hybridized carbons (Fsp3) is 0.308. The molecule has 0 aliphatic carbocycles. The quantitative estimate of drug-likeness (QED) is 0.322. The zero-order valence-corrected chi connectivity index (χ0v) is 14.7. The third-order valence-electron chi connectivity index (χ3n) is 2.74. The summed E-state index contributed by atoms with van der Waals surface area (Å²) in [6.45, 7) is 2.93. The number of amides is 2. The summed E-state index contributed by atoms with van der Waals surface area (Å²) in [5, 5.41) is 21.8. The van der Waals surface area contributed by atoms with Gasteiger partial charge in [0, 0.05) is 12.6 Å². The van der Waals surface area contributed by atoms with Crippen molar-refractivity contribution in [3.05, 3.63) is 28.3 Å². The highest BCUT2D eigenvalue weighted by Crippen LogP contribution is 2.28. The van der Waals surface area contributed by atoms with E-state index >= 15 is 0 Å². The van der Waals surface area contributed by atoms with Gasteiger partial charge in [-0.2, -0.15) is 5.26 Å². The number of aliphatic hydroxyl groups is 1. The van der Waals surface area contributed by atoms with Crippen LogP contribution in [0.5, 0.6) is 0 Å². The molecule has 0 spiro atoms. The average Bonchev–Trinajstić information content (AvgIpc) is 2.46. The number of nitriles is 1. The highest BCUT2D eigenvalue weighted by molar-refractivity contribution is 14.1. The number of benzene rings is 1. The number of rotatable bonds is 4. The van der Waals surface area contributed by atoms with E-state index < -0.39 is 22.0 Å². The third-order valence-corrected chi connectivity index (χ3v) is 3.94. The van der Waals surface area contributed by atoms with E-state index in [4.69, 9.17) is 16.9 Å². The van der Waals surface area contributed by atoms with Crippen molar-refractivity contribution >= 4 is 51.7 Å². The molecule has 4 N–H and O–H groups in total. The first-order valence-electron chi connectivity index (χ1n) is 6.12. The Morgan fingerprint density at radius 2 is 2.05 bits per heavy atom. The molecule has 0 unspecified atom stereocenters. The Hall–Kier alpha value is -1.57. The largest absolute Gasteiger partial charge is 0.380 e. The normalized spacial score (nSPS) is 12.7. The summed E-state index contributed by atoms with van der Waals surface area (Å²) >= 11 is 7.73. The topological polar surface area (TPSA) is 114 Å². The van der Waals surface area contributed by atoms with Crippen LogP contribution in [0.2, 0.25) is 5.02 Å². The molecule has 0 saturated carbocycles. The first-order chi connectivity index (χ1) is 10.3. The lowest BCUT2D eigenvalue weighted by atomic mass is 10.1. The SMILES string of the molecule is CC(=O)NNC(=O)[C@H](Nc1ccc(C#N)c(Cl)c1C)[C@@H](O)I. The number of hydrazine groups is 1. The van der Waals surface area contributed by atoms with E-state index in [0.29, 0.717) is 16.8 Å². The molecular weight excluding hydrogens is 423 g/mol. The number of nitrogens with one attached hydrogen (secondary N) is 3. The lowest BCUT2D eigenvalue weighted by Gasteiger charge is -2.22. The van der Waals surface area contributed by atoms with Crippen LogP contribution in [0.15, 0.2) is 12.1 Å². The first kappa shape index (κ1) is 18.5. The maximum atomic E-state index is 12.0. The second kappa shape index (κ2) is 8.17. The minimum absolute atomic E-state index is 0.275. The van der Waals surface area contributed by atoms with Gasteiger partial charge in [0.15, 0.2) is 0 Å². The molecule has 0 aliphatic heterocycles. The van der Waals surface area contributed by atoms with Gasteiger partial charge in [-0.1, -0.05) is 11.6 Å². The minimum atomic E-state index is -1.06. The molecule has 0 heterocycles. The van der Waals surface area contributed by atoms with Crippen molar-refractivity contribution in [2.45, 2.75) is 24.0 Å². The Balaban J connectivity index is 2.97. The molecule has 0 radical (unpaired) electrons. The summed E-state index contributed by atoms with van der Waals surface area (Å²) in [6.07, 6.45) is 0. The van der Waals surface area contributed by atoms with E-state index in [1.165, 1.54) is 13.0 Å². The van der Waals surface area contributed by atoms with Crippen LogP contribution in [-0.4, -0.2) is 27.1 Å². The van der Waals surface area contributed by atoms with Gasteiger partial charge in [-0.25, -0.2) is 0 Å². The maximum Gasteiger partial charge on any atom is 0.264 e. The Labute approximate surface area is 146 Å². The van der Waals surface area contributed by atoms with Crippen LogP contribution >= 0.6 is 34.2 Å². The second-order valence-corrected chi connectivity index (χ2v) is 6.03. The van der Waals surface area contributed by atoms with Gasteiger partial charge in [-0.05, 0) is 47.2 Å². The molecule has 22 heavy (non-hydrogen) atoms. The van der Waals surface area contributed by atoms with E-state index in [1.54, 1.807) is 35.6 Å². The van der Waals surface area contributed by atoms with Crippen molar-refractivity contribution in [3.8, 4) is 6.07 Å². The molecule has 7 nitrogen and oxygen atoms in total. The van der Waals surface area contributed by atoms with Gasteiger partial charge < -0.3 is 10.4 Å². The fourth-order valence-electron chi connectivity index (χ4n) is 1.58. The number of carbonyl (C=O) groups excluding carboxylic acids is 2. The predicted octanol–water partition coefficient (Wildman–Crippen LogP) is 1.22. The summed E-state index contributed by atoms with van der Waals surface area (Å²) in [4.78, 5) is 22.8. The second-order valence-electron chi connectivity index (χ2n) is 4.38. The molecule has 9 heteroatoms. The molecule has 1 rings (SSSR count). The molecule has 0 saturated heterocycles. The van der Waals surface area contributed by atoms with Crippen LogP contribution in [0.3, 0.4) is 0 Å². The molecule has 1 aromatic carbocycles. The summed E-state index contributed by atoms with van der Waals surface area (Å²) in [6, 6.07) is 4.05. The van der Waals surface area contributed by atoms with Crippen LogP contribution in [0.4, 0.5) is 5.69 Å². The molecule has 0 aliphatic rings. The van der Waals surface area contributed by atoms with E-state index in [1.807, 2.05) is 6.07 Å². The Morgan fingerprint density at radius 3 is 2.55 bits per heavy atom. The first-order valence-corrected chi connectivity index (χ1v) is 7.74. The number of carbonyl (C=O) groups is 2. The smallest absolute Gasteiger partial charge is 0.264 e. The highest BCUT2D eigenvalue weighted by atomic mass is 127. The Kier molecular flexibility index (Phi) is 6.86. The maximum absolute atomic E-state index is 12.0. The number of hydrogen-bond donors (Lipinski definition) is 4. The number of nitrogens with zero attached hydrogens (tertiary/aromatic N) is 1. The van der Waals surface area contributed by atoms with E-state index in [9.17, 15) is 14.7 Å².